The van der Waals surface area contributed by atoms with Crippen LogP contribution in [0.15, 0.2) is 53.4 Å². The van der Waals surface area contributed by atoms with Crippen LogP contribution in [0.5, 0.6) is 0 Å². The van der Waals surface area contributed by atoms with Crippen molar-refractivity contribution in [1.82, 2.24) is 4.98 Å². The lowest BCUT2D eigenvalue weighted by atomic mass is 10.3. The molecular formula is C17H14F2N2OS3. The minimum absolute atomic E-state index is 0.214. The molecule has 0 aliphatic rings. The quantitative estimate of drug-likeness (QED) is 0.537. The average Bonchev–Trinajstić information content (AvgIpc) is 2.99. The fraction of sp³-hybridized carbons (Fsp3) is 0.176. The van der Waals surface area contributed by atoms with E-state index in [0.717, 1.165) is 15.2 Å². The molecule has 2 aromatic carbocycles. The second-order valence-corrected chi connectivity index (χ2v) is 8.12. The Bertz CT molecular complexity index is 837. The van der Waals surface area contributed by atoms with Crippen LogP contribution in [0.25, 0.3) is 10.2 Å². The van der Waals surface area contributed by atoms with E-state index in [4.69, 9.17) is 0 Å². The van der Waals surface area contributed by atoms with Gasteiger partial charge in [-0.1, -0.05) is 36.0 Å². The number of carbonyl (C=O) groups excluding carboxylic acids is 1. The fourth-order valence-corrected chi connectivity index (χ4v) is 4.61. The molecule has 0 saturated heterocycles. The monoisotopic (exact) mass is 396 g/mol. The second-order valence-electron chi connectivity index (χ2n) is 4.99. The van der Waals surface area contributed by atoms with Gasteiger partial charge in [0, 0.05) is 10.6 Å². The molecule has 3 nitrogen and oxygen atoms in total. The number of hydrogen-bond donors (Lipinski definition) is 1. The number of benzene rings is 2. The summed E-state index contributed by atoms with van der Waals surface area (Å²) in [7, 11) is 0. The Hall–Kier alpha value is -1.64. The first kappa shape index (κ1) is 18.2. The summed E-state index contributed by atoms with van der Waals surface area (Å²) in [5, 5.41) is 3.66. The number of fused-ring (bicyclic) bond motifs is 1. The molecule has 0 unspecified atom stereocenters. The molecule has 3 aromatic rings. The standard InChI is InChI=1S/C17H14F2N2OS3/c18-17(19)25-14-8-4-1-5-11(14)20-15(22)9-23-10-16-21-12-6-2-3-7-13(12)24-16/h1-8,17H,9-10H2,(H,20,22). The molecule has 1 heterocycles. The smallest absolute Gasteiger partial charge is 0.288 e. The van der Waals surface area contributed by atoms with Crippen LogP contribution < -0.4 is 5.32 Å². The molecule has 0 spiro atoms. The summed E-state index contributed by atoms with van der Waals surface area (Å²) in [4.78, 5) is 16.9. The fourth-order valence-electron chi connectivity index (χ4n) is 2.17. The number of nitrogens with one attached hydrogen (secondary N) is 1. The molecule has 1 N–H and O–H groups in total. The topological polar surface area (TPSA) is 42.0 Å². The number of para-hydroxylation sites is 2. The highest BCUT2D eigenvalue weighted by molar-refractivity contribution is 7.99. The van der Waals surface area contributed by atoms with E-state index in [1.807, 2.05) is 24.3 Å². The molecule has 3 rings (SSSR count). The molecule has 130 valence electrons. The molecule has 0 fully saturated rings. The highest BCUT2D eigenvalue weighted by atomic mass is 32.2. The maximum absolute atomic E-state index is 12.6. The van der Waals surface area contributed by atoms with Crippen LogP contribution in [0.3, 0.4) is 0 Å². The van der Waals surface area contributed by atoms with Gasteiger partial charge >= 0.3 is 0 Å². The summed E-state index contributed by atoms with van der Waals surface area (Å²) in [5.74, 6) is -1.86. The molecule has 0 aliphatic carbocycles. The molecule has 0 bridgehead atoms. The van der Waals surface area contributed by atoms with E-state index in [1.165, 1.54) is 11.8 Å². The van der Waals surface area contributed by atoms with Crippen LogP contribution in [-0.2, 0) is 10.5 Å². The van der Waals surface area contributed by atoms with Crippen LogP contribution >= 0.6 is 34.9 Å². The molecule has 8 heteroatoms. The first-order chi connectivity index (χ1) is 12.1. The lowest BCUT2D eigenvalue weighted by Crippen LogP contribution is -2.14. The van der Waals surface area contributed by atoms with E-state index in [-0.39, 0.29) is 11.7 Å². The lowest BCUT2D eigenvalue weighted by molar-refractivity contribution is -0.113. The molecule has 0 saturated carbocycles. The van der Waals surface area contributed by atoms with Gasteiger partial charge in [-0.05, 0) is 24.3 Å². The van der Waals surface area contributed by atoms with Gasteiger partial charge in [-0.25, -0.2) is 4.98 Å². The highest BCUT2D eigenvalue weighted by Gasteiger charge is 2.12. The van der Waals surface area contributed by atoms with E-state index in [2.05, 4.69) is 10.3 Å². The van der Waals surface area contributed by atoms with E-state index < -0.39 is 5.76 Å². The Morgan fingerprint density at radius 2 is 1.92 bits per heavy atom. The molecular weight excluding hydrogens is 382 g/mol. The summed E-state index contributed by atoms with van der Waals surface area (Å²) >= 11 is 3.49. The van der Waals surface area contributed by atoms with Gasteiger partial charge in [0.25, 0.3) is 5.76 Å². The maximum atomic E-state index is 12.6. The summed E-state index contributed by atoms with van der Waals surface area (Å²) in [6.45, 7) is 0. The number of halogens is 2. The third-order valence-corrected chi connectivity index (χ3v) is 6.13. The van der Waals surface area contributed by atoms with Gasteiger partial charge in [0.2, 0.25) is 5.91 Å². The number of anilines is 1. The van der Waals surface area contributed by atoms with Crippen molar-refractivity contribution in [3.05, 3.63) is 53.5 Å². The third kappa shape index (κ3) is 5.17. The summed E-state index contributed by atoms with van der Waals surface area (Å²) in [6.07, 6.45) is 0. The molecule has 0 atom stereocenters. The van der Waals surface area contributed by atoms with Crippen LogP contribution in [-0.4, -0.2) is 22.4 Å². The van der Waals surface area contributed by atoms with Crippen LogP contribution in [0.4, 0.5) is 14.5 Å². The van der Waals surface area contributed by atoms with Crippen molar-refractivity contribution in [2.45, 2.75) is 16.4 Å². The summed E-state index contributed by atoms with van der Waals surface area (Å²) in [5.41, 5.74) is 1.38. The number of aromatic nitrogens is 1. The zero-order valence-electron chi connectivity index (χ0n) is 12.9. The van der Waals surface area contributed by atoms with E-state index in [9.17, 15) is 13.6 Å². The number of nitrogens with zero attached hydrogens (tertiary/aromatic N) is 1. The average molecular weight is 397 g/mol. The zero-order valence-corrected chi connectivity index (χ0v) is 15.4. The van der Waals surface area contributed by atoms with Gasteiger partial charge < -0.3 is 5.32 Å². The first-order valence-corrected chi connectivity index (χ1v) is 10.2. The maximum Gasteiger partial charge on any atom is 0.288 e. The van der Waals surface area contributed by atoms with Gasteiger partial charge in [0.1, 0.15) is 5.01 Å². The Labute approximate surface area is 156 Å². The van der Waals surface area contributed by atoms with Gasteiger partial charge in [0.05, 0.1) is 21.7 Å². The van der Waals surface area contributed by atoms with Crippen molar-refractivity contribution >= 4 is 56.7 Å². The number of carbonyl (C=O) groups is 1. The van der Waals surface area contributed by atoms with Crippen molar-refractivity contribution in [3.8, 4) is 0 Å². The Morgan fingerprint density at radius 1 is 1.16 bits per heavy atom. The Balaban J connectivity index is 1.53. The van der Waals surface area contributed by atoms with Crippen LogP contribution in [0.2, 0.25) is 0 Å². The molecule has 1 amide bonds. The van der Waals surface area contributed by atoms with Gasteiger partial charge in [-0.15, -0.1) is 23.1 Å². The van der Waals surface area contributed by atoms with Crippen molar-refractivity contribution in [2.75, 3.05) is 11.1 Å². The predicted molar refractivity (Wildman–Crippen MR) is 103 cm³/mol. The Kier molecular flexibility index (Phi) is 6.28. The SMILES string of the molecule is O=C(CSCc1nc2ccccc2s1)Nc1ccccc1SC(F)F. The number of hydrogen-bond acceptors (Lipinski definition) is 5. The minimum atomic E-state index is -2.52. The summed E-state index contributed by atoms with van der Waals surface area (Å²) < 4.78 is 26.2. The molecule has 0 radical (unpaired) electrons. The first-order valence-electron chi connectivity index (χ1n) is 7.38. The summed E-state index contributed by atoms with van der Waals surface area (Å²) in [6, 6.07) is 14.5. The number of thiazole rings is 1. The lowest BCUT2D eigenvalue weighted by Gasteiger charge is -2.10. The van der Waals surface area contributed by atoms with Gasteiger partial charge in [0.15, 0.2) is 0 Å². The number of amides is 1. The van der Waals surface area contributed by atoms with Crippen molar-refractivity contribution in [1.29, 1.82) is 0 Å². The predicted octanol–water partition coefficient (Wildman–Crippen LogP) is 5.48. The van der Waals surface area contributed by atoms with Gasteiger partial charge in [-0.3, -0.25) is 4.79 Å². The molecule has 1 aromatic heterocycles. The molecule has 25 heavy (non-hydrogen) atoms. The van der Waals surface area contributed by atoms with Crippen LogP contribution in [0, 0.1) is 0 Å². The highest BCUT2D eigenvalue weighted by Crippen LogP contribution is 2.31. The van der Waals surface area contributed by atoms with Gasteiger partial charge in [-0.2, -0.15) is 8.78 Å². The normalized spacial score (nSPS) is 11.2. The van der Waals surface area contributed by atoms with Crippen molar-refractivity contribution in [3.63, 3.8) is 0 Å². The number of alkyl halides is 2. The van der Waals surface area contributed by atoms with Crippen molar-refractivity contribution < 1.29 is 13.6 Å². The largest absolute Gasteiger partial charge is 0.324 e. The third-order valence-electron chi connectivity index (χ3n) is 3.17. The van der Waals surface area contributed by atoms with Crippen molar-refractivity contribution in [2.24, 2.45) is 0 Å². The Morgan fingerprint density at radius 3 is 2.72 bits per heavy atom. The number of rotatable bonds is 7. The van der Waals surface area contributed by atoms with E-state index >= 15 is 0 Å². The minimum Gasteiger partial charge on any atom is -0.324 e. The second kappa shape index (κ2) is 8.64. The molecule has 0 aliphatic heterocycles. The van der Waals surface area contributed by atoms with E-state index in [1.54, 1.807) is 35.6 Å². The van der Waals surface area contributed by atoms with E-state index in [0.29, 0.717) is 28.1 Å². The zero-order chi connectivity index (χ0) is 17.6. The number of thioether (sulfide) groups is 2. The van der Waals surface area contributed by atoms with Crippen LogP contribution in [0.1, 0.15) is 5.01 Å².